The lowest BCUT2D eigenvalue weighted by Gasteiger charge is -2.51. The Bertz CT molecular complexity index is 927. The number of nitrogens with zero attached hydrogens (tertiary/aromatic N) is 3. The smallest absolute Gasteiger partial charge is 0.410 e. The van der Waals surface area contributed by atoms with E-state index in [1.54, 1.807) is 0 Å². The van der Waals surface area contributed by atoms with Crippen LogP contribution in [-0.2, 0) is 14.9 Å². The number of carbonyl (C=O) groups is 2. The maximum Gasteiger partial charge on any atom is 0.410 e. The summed E-state index contributed by atoms with van der Waals surface area (Å²) < 4.78 is 5.35. The topological polar surface area (TPSA) is 53.1 Å². The molecule has 0 saturated carbocycles. The molecule has 0 radical (unpaired) electrons. The number of hydrogen-bond acceptors (Lipinski definition) is 4. The van der Waals surface area contributed by atoms with Crippen LogP contribution in [0.25, 0.3) is 0 Å². The van der Waals surface area contributed by atoms with Gasteiger partial charge in [0.05, 0.1) is 12.6 Å². The van der Waals surface area contributed by atoms with Crippen LogP contribution in [0.5, 0.6) is 0 Å². The zero-order valence-corrected chi connectivity index (χ0v) is 20.6. The molecule has 1 aromatic carbocycles. The molecule has 2 unspecified atom stereocenters. The molecule has 34 heavy (non-hydrogen) atoms. The highest BCUT2D eigenvalue weighted by Crippen LogP contribution is 2.51. The van der Waals surface area contributed by atoms with Gasteiger partial charge >= 0.3 is 6.09 Å². The predicted octanol–water partition coefficient (Wildman–Crippen LogP) is 4.63. The van der Waals surface area contributed by atoms with Gasteiger partial charge in [0.25, 0.3) is 0 Å². The third-order valence-electron chi connectivity index (χ3n) is 9.73. The van der Waals surface area contributed by atoms with Crippen molar-refractivity contribution in [1.82, 2.24) is 14.7 Å². The van der Waals surface area contributed by atoms with Gasteiger partial charge in [0.1, 0.15) is 0 Å². The summed E-state index contributed by atoms with van der Waals surface area (Å²) in [6.07, 6.45) is 10.8. The van der Waals surface area contributed by atoms with Gasteiger partial charge in [0.15, 0.2) is 0 Å². The van der Waals surface area contributed by atoms with E-state index in [9.17, 15) is 9.59 Å². The van der Waals surface area contributed by atoms with Crippen LogP contribution in [0.15, 0.2) is 24.3 Å². The van der Waals surface area contributed by atoms with Gasteiger partial charge < -0.3 is 19.4 Å². The summed E-state index contributed by atoms with van der Waals surface area (Å²) in [7, 11) is 0. The number of likely N-dealkylation sites (tertiary alicyclic amines) is 2. The number of piperidine rings is 2. The van der Waals surface area contributed by atoms with Crippen LogP contribution in [0.3, 0.4) is 0 Å². The van der Waals surface area contributed by atoms with E-state index < -0.39 is 0 Å². The van der Waals surface area contributed by atoms with Crippen LogP contribution in [0.4, 0.5) is 4.79 Å². The first kappa shape index (κ1) is 22.4. The van der Waals surface area contributed by atoms with Crippen molar-refractivity contribution in [2.75, 3.05) is 26.2 Å². The van der Waals surface area contributed by atoms with E-state index in [0.717, 1.165) is 64.6 Å². The maximum absolute atomic E-state index is 12.5. The summed E-state index contributed by atoms with van der Waals surface area (Å²) in [6.45, 7) is 5.56. The summed E-state index contributed by atoms with van der Waals surface area (Å²) in [5, 5.41) is 0. The quantitative estimate of drug-likeness (QED) is 0.653. The van der Waals surface area contributed by atoms with Crippen molar-refractivity contribution in [1.29, 1.82) is 0 Å². The van der Waals surface area contributed by atoms with Crippen LogP contribution < -0.4 is 0 Å². The predicted molar refractivity (Wildman–Crippen MR) is 131 cm³/mol. The molecule has 4 heterocycles. The first-order valence-corrected chi connectivity index (χ1v) is 13.7. The number of hydrogen-bond donors (Lipinski definition) is 0. The summed E-state index contributed by atoms with van der Waals surface area (Å²) in [5.74, 6) is 0.342. The van der Waals surface area contributed by atoms with Crippen LogP contribution in [-0.4, -0.2) is 71.1 Å². The zero-order chi connectivity index (χ0) is 23.3. The minimum Gasteiger partial charge on any atom is -0.450 e. The molecule has 4 fully saturated rings. The Kier molecular flexibility index (Phi) is 5.83. The van der Waals surface area contributed by atoms with Crippen LogP contribution in [0.2, 0.25) is 0 Å². The van der Waals surface area contributed by atoms with Crippen molar-refractivity contribution in [3.05, 3.63) is 35.4 Å². The van der Waals surface area contributed by atoms with E-state index in [2.05, 4.69) is 39.0 Å². The standard InChI is InChI=1S/C28H39N3O3/c1-2-34-27(33)31-20-9-10-21(31)19-22(18-20)29-16-13-28(14-17-29)12-11-25(30-15-5-8-26(30)32)23-6-3-4-7-24(23)28/h3-4,6-7,20-22,25H,2,5,8-19H2,1H3/t20?,21?,22?,25-/m0/s1. The average molecular weight is 466 g/mol. The first-order valence-electron chi connectivity index (χ1n) is 13.7. The van der Waals surface area contributed by atoms with Gasteiger partial charge in [0.2, 0.25) is 5.91 Å². The highest BCUT2D eigenvalue weighted by atomic mass is 16.6. The van der Waals surface area contributed by atoms with Crippen molar-refractivity contribution in [3.63, 3.8) is 0 Å². The normalized spacial score (nSPS) is 32.8. The Morgan fingerprint density at radius 1 is 1.00 bits per heavy atom. The molecule has 0 N–H and O–H groups in total. The van der Waals surface area contributed by atoms with Crippen molar-refractivity contribution in [2.45, 2.75) is 101 Å². The minimum absolute atomic E-state index is 0.101. The fourth-order valence-electron chi connectivity index (χ4n) is 8.08. The molecule has 6 nitrogen and oxygen atoms in total. The Hall–Kier alpha value is -2.08. The van der Waals surface area contributed by atoms with Gasteiger partial charge in [-0.2, -0.15) is 0 Å². The summed E-state index contributed by atoms with van der Waals surface area (Å²) >= 11 is 0. The van der Waals surface area contributed by atoms with E-state index in [1.165, 1.54) is 30.4 Å². The molecule has 6 heteroatoms. The minimum atomic E-state index is -0.101. The van der Waals surface area contributed by atoms with E-state index in [-0.39, 0.29) is 17.6 Å². The Morgan fingerprint density at radius 2 is 1.74 bits per heavy atom. The van der Waals surface area contributed by atoms with Crippen molar-refractivity contribution in [2.24, 2.45) is 0 Å². The molecule has 4 saturated heterocycles. The summed E-state index contributed by atoms with van der Waals surface area (Å²) in [5.41, 5.74) is 3.19. The lowest BCUT2D eigenvalue weighted by molar-refractivity contribution is -0.130. The van der Waals surface area contributed by atoms with Gasteiger partial charge in [-0.1, -0.05) is 24.3 Å². The number of fused-ring (bicyclic) bond motifs is 4. The second-order valence-corrected chi connectivity index (χ2v) is 11.3. The molecule has 2 amide bonds. The molecule has 1 aromatic rings. The van der Waals surface area contributed by atoms with Crippen molar-refractivity contribution >= 4 is 12.0 Å². The largest absolute Gasteiger partial charge is 0.450 e. The lowest BCUT2D eigenvalue weighted by atomic mass is 9.63. The second kappa shape index (κ2) is 8.85. The van der Waals surface area contributed by atoms with Crippen molar-refractivity contribution < 1.29 is 14.3 Å². The van der Waals surface area contributed by atoms with Crippen LogP contribution in [0, 0.1) is 0 Å². The average Bonchev–Trinajstić information content (AvgIpc) is 3.40. The molecular weight excluding hydrogens is 426 g/mol. The molecule has 184 valence electrons. The molecule has 1 spiro atoms. The molecular formula is C28H39N3O3. The highest BCUT2D eigenvalue weighted by Gasteiger charge is 2.48. The number of ether oxygens (including phenoxy) is 1. The monoisotopic (exact) mass is 465 g/mol. The molecule has 4 aliphatic heterocycles. The lowest BCUT2D eigenvalue weighted by Crippen LogP contribution is -2.55. The van der Waals surface area contributed by atoms with Gasteiger partial charge in [-0.25, -0.2) is 4.79 Å². The van der Waals surface area contributed by atoms with E-state index in [4.69, 9.17) is 4.74 Å². The highest BCUT2D eigenvalue weighted by molar-refractivity contribution is 5.78. The fraction of sp³-hybridized carbons (Fsp3) is 0.714. The zero-order valence-electron chi connectivity index (χ0n) is 20.6. The van der Waals surface area contributed by atoms with E-state index >= 15 is 0 Å². The molecule has 3 atom stereocenters. The van der Waals surface area contributed by atoms with Gasteiger partial charge in [-0.05, 0) is 94.3 Å². The van der Waals surface area contributed by atoms with Crippen LogP contribution in [0.1, 0.15) is 88.3 Å². The third-order valence-corrected chi connectivity index (χ3v) is 9.73. The first-order chi connectivity index (χ1) is 16.6. The number of amides is 2. The number of carbonyl (C=O) groups excluding carboxylic acids is 2. The molecule has 5 aliphatic rings. The molecule has 1 aliphatic carbocycles. The maximum atomic E-state index is 12.5. The summed E-state index contributed by atoms with van der Waals surface area (Å²) in [6, 6.07) is 10.6. The Morgan fingerprint density at radius 3 is 2.41 bits per heavy atom. The van der Waals surface area contributed by atoms with Crippen LogP contribution >= 0.6 is 0 Å². The molecule has 0 aromatic heterocycles. The van der Waals surface area contributed by atoms with Gasteiger partial charge in [0, 0.05) is 31.1 Å². The second-order valence-electron chi connectivity index (χ2n) is 11.3. The van der Waals surface area contributed by atoms with E-state index in [1.807, 2.05) is 6.92 Å². The Labute approximate surface area is 203 Å². The fourth-order valence-corrected chi connectivity index (χ4v) is 8.08. The SMILES string of the molecule is CCOC(=O)N1C2CCC1CC(N1CCC3(CC[C@H](N4CCCC4=O)c4ccccc43)CC1)C2. The Balaban J connectivity index is 1.15. The van der Waals surface area contributed by atoms with Crippen molar-refractivity contribution in [3.8, 4) is 0 Å². The van der Waals surface area contributed by atoms with E-state index in [0.29, 0.717) is 30.6 Å². The molecule has 6 rings (SSSR count). The summed E-state index contributed by atoms with van der Waals surface area (Å²) in [4.78, 5) is 31.9. The number of benzene rings is 1. The van der Waals surface area contributed by atoms with Gasteiger partial charge in [-0.15, -0.1) is 0 Å². The third kappa shape index (κ3) is 3.64. The number of rotatable bonds is 3. The molecule has 2 bridgehead atoms. The van der Waals surface area contributed by atoms with Gasteiger partial charge in [-0.3, -0.25) is 4.79 Å².